The summed E-state index contributed by atoms with van der Waals surface area (Å²) in [6.45, 7) is 1.21. The maximum absolute atomic E-state index is 12.4. The molecule has 4 nitrogen and oxygen atoms in total. The van der Waals surface area contributed by atoms with Crippen molar-refractivity contribution in [1.29, 1.82) is 0 Å². The van der Waals surface area contributed by atoms with Gasteiger partial charge in [-0.05, 0) is 47.9 Å². The van der Waals surface area contributed by atoms with Gasteiger partial charge in [-0.2, -0.15) is 12.7 Å². The molecule has 0 amide bonds. The van der Waals surface area contributed by atoms with E-state index in [9.17, 15) is 8.42 Å². The lowest BCUT2D eigenvalue weighted by atomic mass is 10.1. The Balaban J connectivity index is 1.85. The van der Waals surface area contributed by atoms with Gasteiger partial charge in [0.25, 0.3) is 0 Å². The number of anilines is 1. The third-order valence-corrected chi connectivity index (χ3v) is 5.74. The van der Waals surface area contributed by atoms with Crippen LogP contribution in [0.4, 0.5) is 5.69 Å². The molecule has 112 valence electrons. The van der Waals surface area contributed by atoms with Crippen molar-refractivity contribution in [3.05, 3.63) is 40.9 Å². The van der Waals surface area contributed by atoms with Crippen LogP contribution in [-0.2, 0) is 10.2 Å². The van der Waals surface area contributed by atoms with Crippen molar-refractivity contribution in [3.8, 4) is 0 Å². The summed E-state index contributed by atoms with van der Waals surface area (Å²) >= 11 is 3.43. The Morgan fingerprint density at radius 2 is 1.62 bits per heavy atom. The predicted octanol–water partition coefficient (Wildman–Crippen LogP) is 3.74. The fourth-order valence-corrected chi connectivity index (χ4v) is 4.27. The topological polar surface area (TPSA) is 49.4 Å². The number of nitrogens with zero attached hydrogens (tertiary/aromatic N) is 1. The van der Waals surface area contributed by atoms with E-state index in [1.54, 1.807) is 6.07 Å². The molecule has 0 atom stereocenters. The van der Waals surface area contributed by atoms with Gasteiger partial charge in [-0.1, -0.05) is 34.5 Å². The van der Waals surface area contributed by atoms with Crippen LogP contribution in [0.1, 0.15) is 19.3 Å². The van der Waals surface area contributed by atoms with E-state index in [2.05, 4.69) is 20.7 Å². The molecule has 2 aromatic rings. The highest BCUT2D eigenvalue weighted by atomic mass is 79.9. The molecule has 1 fully saturated rings. The van der Waals surface area contributed by atoms with Crippen LogP contribution in [0.3, 0.4) is 0 Å². The fraction of sp³-hybridized carbons (Fsp3) is 0.333. The highest BCUT2D eigenvalue weighted by Crippen LogP contribution is 2.24. The molecule has 0 aromatic heterocycles. The average molecular weight is 369 g/mol. The molecular formula is C15H17BrN2O2S. The van der Waals surface area contributed by atoms with Gasteiger partial charge >= 0.3 is 10.2 Å². The molecule has 0 unspecified atom stereocenters. The summed E-state index contributed by atoms with van der Waals surface area (Å²) in [6, 6.07) is 11.5. The number of piperidine rings is 1. The normalized spacial score (nSPS) is 17.0. The number of benzene rings is 2. The van der Waals surface area contributed by atoms with Crippen molar-refractivity contribution in [2.24, 2.45) is 0 Å². The van der Waals surface area contributed by atoms with Crippen molar-refractivity contribution in [2.45, 2.75) is 19.3 Å². The number of halogens is 1. The summed E-state index contributed by atoms with van der Waals surface area (Å²) in [4.78, 5) is 0. The van der Waals surface area contributed by atoms with Gasteiger partial charge in [-0.25, -0.2) is 0 Å². The molecule has 0 aliphatic carbocycles. The lowest BCUT2D eigenvalue weighted by molar-refractivity contribution is 0.349. The first kappa shape index (κ1) is 14.8. The van der Waals surface area contributed by atoms with Crippen LogP contribution < -0.4 is 4.72 Å². The third-order valence-electron chi connectivity index (χ3n) is 3.70. The summed E-state index contributed by atoms with van der Waals surface area (Å²) < 4.78 is 29.9. The standard InChI is InChI=1S/C15H17BrN2O2S/c16-14-6-4-13-11-15(7-5-12(13)10-14)17-21(19,20)18-8-2-1-3-9-18/h4-7,10-11,17H,1-3,8-9H2. The van der Waals surface area contributed by atoms with Gasteiger partial charge in [0.05, 0.1) is 5.69 Å². The Morgan fingerprint density at radius 3 is 2.38 bits per heavy atom. The Hall–Kier alpha value is -1.11. The van der Waals surface area contributed by atoms with Gasteiger partial charge in [-0.15, -0.1) is 0 Å². The molecule has 1 N–H and O–H groups in total. The van der Waals surface area contributed by atoms with E-state index in [-0.39, 0.29) is 0 Å². The zero-order valence-corrected chi connectivity index (χ0v) is 14.0. The smallest absolute Gasteiger partial charge is 0.271 e. The number of nitrogens with one attached hydrogen (secondary N) is 1. The van der Waals surface area contributed by atoms with E-state index in [1.807, 2.05) is 30.3 Å². The Labute approximate surface area is 133 Å². The zero-order valence-electron chi connectivity index (χ0n) is 11.5. The van der Waals surface area contributed by atoms with Crippen molar-refractivity contribution in [3.63, 3.8) is 0 Å². The lowest BCUT2D eigenvalue weighted by Gasteiger charge is -2.26. The Bertz CT molecular complexity index is 755. The first-order chi connectivity index (χ1) is 10.0. The molecule has 3 rings (SSSR count). The maximum Gasteiger partial charge on any atom is 0.301 e. The zero-order chi connectivity index (χ0) is 14.9. The quantitative estimate of drug-likeness (QED) is 0.896. The van der Waals surface area contributed by atoms with Crippen LogP contribution in [0, 0.1) is 0 Å². The van der Waals surface area contributed by atoms with Gasteiger partial charge in [0.15, 0.2) is 0 Å². The molecule has 1 saturated heterocycles. The second-order valence-corrected chi connectivity index (χ2v) is 7.86. The summed E-state index contributed by atoms with van der Waals surface area (Å²) in [5.74, 6) is 0. The van der Waals surface area contributed by atoms with Crippen LogP contribution in [-0.4, -0.2) is 25.8 Å². The van der Waals surface area contributed by atoms with Crippen molar-refractivity contribution in [1.82, 2.24) is 4.31 Å². The second kappa shape index (κ2) is 5.94. The van der Waals surface area contributed by atoms with E-state index < -0.39 is 10.2 Å². The predicted molar refractivity (Wildman–Crippen MR) is 89.6 cm³/mol. The van der Waals surface area contributed by atoms with Crippen LogP contribution in [0.2, 0.25) is 0 Å². The molecular weight excluding hydrogens is 352 g/mol. The average Bonchev–Trinajstić information content (AvgIpc) is 2.48. The van der Waals surface area contributed by atoms with E-state index in [1.165, 1.54) is 4.31 Å². The molecule has 21 heavy (non-hydrogen) atoms. The van der Waals surface area contributed by atoms with E-state index >= 15 is 0 Å². The minimum Gasteiger partial charge on any atom is -0.271 e. The first-order valence-corrected chi connectivity index (χ1v) is 9.25. The van der Waals surface area contributed by atoms with E-state index in [0.29, 0.717) is 18.8 Å². The van der Waals surface area contributed by atoms with Crippen LogP contribution >= 0.6 is 15.9 Å². The molecule has 0 radical (unpaired) electrons. The largest absolute Gasteiger partial charge is 0.301 e. The number of hydrogen-bond acceptors (Lipinski definition) is 2. The summed E-state index contributed by atoms with van der Waals surface area (Å²) in [5, 5.41) is 2.09. The van der Waals surface area contributed by atoms with Crippen molar-refractivity contribution >= 4 is 42.6 Å². The van der Waals surface area contributed by atoms with E-state index in [4.69, 9.17) is 0 Å². The van der Waals surface area contributed by atoms with Gasteiger partial charge in [-0.3, -0.25) is 4.72 Å². The number of fused-ring (bicyclic) bond motifs is 1. The monoisotopic (exact) mass is 368 g/mol. The van der Waals surface area contributed by atoms with E-state index in [0.717, 1.165) is 34.5 Å². The second-order valence-electron chi connectivity index (χ2n) is 5.27. The maximum atomic E-state index is 12.4. The van der Waals surface area contributed by atoms with Gasteiger partial charge < -0.3 is 0 Å². The van der Waals surface area contributed by atoms with Crippen molar-refractivity contribution in [2.75, 3.05) is 17.8 Å². The lowest BCUT2D eigenvalue weighted by Crippen LogP contribution is -2.39. The molecule has 1 aliphatic rings. The number of rotatable bonds is 3. The molecule has 1 aliphatic heterocycles. The first-order valence-electron chi connectivity index (χ1n) is 7.02. The summed E-state index contributed by atoms with van der Waals surface area (Å²) in [5.41, 5.74) is 0.607. The van der Waals surface area contributed by atoms with Crippen molar-refractivity contribution < 1.29 is 8.42 Å². The highest BCUT2D eigenvalue weighted by Gasteiger charge is 2.23. The molecule has 0 bridgehead atoms. The molecule has 0 spiro atoms. The van der Waals surface area contributed by atoms with Gasteiger partial charge in [0, 0.05) is 17.6 Å². The molecule has 2 aromatic carbocycles. The van der Waals surface area contributed by atoms with Crippen LogP contribution in [0.15, 0.2) is 40.9 Å². The summed E-state index contributed by atoms with van der Waals surface area (Å²) in [7, 11) is -3.44. The van der Waals surface area contributed by atoms with Gasteiger partial charge in [0.1, 0.15) is 0 Å². The SMILES string of the molecule is O=S(=O)(Nc1ccc2cc(Br)ccc2c1)N1CCCCC1. The third kappa shape index (κ3) is 3.39. The molecule has 0 saturated carbocycles. The summed E-state index contributed by atoms with van der Waals surface area (Å²) in [6.07, 6.45) is 2.98. The van der Waals surface area contributed by atoms with Gasteiger partial charge in [0.2, 0.25) is 0 Å². The molecule has 1 heterocycles. The fourth-order valence-electron chi connectivity index (χ4n) is 2.60. The Kier molecular flexibility index (Phi) is 4.19. The van der Waals surface area contributed by atoms with Crippen LogP contribution in [0.5, 0.6) is 0 Å². The Morgan fingerprint density at radius 1 is 0.952 bits per heavy atom. The van der Waals surface area contributed by atoms with Crippen LogP contribution in [0.25, 0.3) is 10.8 Å². The minimum atomic E-state index is -3.44. The molecule has 6 heteroatoms. The highest BCUT2D eigenvalue weighted by molar-refractivity contribution is 9.10. The minimum absolute atomic E-state index is 0.607. The number of hydrogen-bond donors (Lipinski definition) is 1.